The van der Waals surface area contributed by atoms with E-state index in [0.717, 1.165) is 6.07 Å². The second-order valence-corrected chi connectivity index (χ2v) is 3.44. The number of aromatic hydroxyl groups is 1. The molecule has 0 aliphatic carbocycles. The van der Waals surface area contributed by atoms with E-state index >= 15 is 0 Å². The third-order valence-electron chi connectivity index (χ3n) is 1.41. The second kappa shape index (κ2) is 4.14. The van der Waals surface area contributed by atoms with Crippen LogP contribution >= 0.6 is 22.6 Å². The maximum Gasteiger partial charge on any atom is 0.284 e. The van der Waals surface area contributed by atoms with Crippen LogP contribution in [0.25, 0.3) is 0 Å². The molecule has 3 nitrogen and oxygen atoms in total. The summed E-state index contributed by atoms with van der Waals surface area (Å²) < 4.78 is 24.8. The molecule has 0 atom stereocenters. The minimum absolute atomic E-state index is 0.147. The van der Waals surface area contributed by atoms with Crippen LogP contribution < -0.4 is 0 Å². The van der Waals surface area contributed by atoms with Crippen molar-refractivity contribution in [2.45, 2.75) is 13.0 Å². The number of aliphatic hydroxyl groups excluding tert-OH is 1. The van der Waals surface area contributed by atoms with E-state index in [2.05, 4.69) is 4.98 Å². The van der Waals surface area contributed by atoms with Gasteiger partial charge in [-0.15, -0.1) is 0 Å². The minimum Gasteiger partial charge on any atom is -0.506 e. The Balaban J connectivity index is 3.22. The molecule has 0 aromatic carbocycles. The normalized spacial score (nSPS) is 10.8. The van der Waals surface area contributed by atoms with E-state index in [9.17, 15) is 8.78 Å². The van der Waals surface area contributed by atoms with Gasteiger partial charge in [0.05, 0.1) is 12.3 Å². The average Bonchev–Trinajstić information content (AvgIpc) is 2.03. The quantitative estimate of drug-likeness (QED) is 0.819. The number of aliphatic hydroxyl groups is 1. The molecule has 0 fully saturated rings. The van der Waals surface area contributed by atoms with E-state index < -0.39 is 24.5 Å². The molecule has 0 spiro atoms. The number of nitrogens with zero attached hydrogens (tertiary/aromatic N) is 1. The molecule has 2 N–H and O–H groups in total. The van der Waals surface area contributed by atoms with Gasteiger partial charge < -0.3 is 10.2 Å². The fourth-order valence-corrected chi connectivity index (χ4v) is 1.39. The Morgan fingerprint density at radius 2 is 2.15 bits per heavy atom. The second-order valence-electron chi connectivity index (χ2n) is 2.28. The number of aromatic nitrogens is 1. The molecule has 0 saturated heterocycles. The molecule has 0 radical (unpaired) electrons. The Morgan fingerprint density at radius 1 is 1.54 bits per heavy atom. The lowest BCUT2D eigenvalue weighted by Crippen LogP contribution is -1.99. The maximum absolute atomic E-state index is 12.2. The van der Waals surface area contributed by atoms with Gasteiger partial charge in [-0.2, -0.15) is 0 Å². The zero-order valence-electron chi connectivity index (χ0n) is 6.34. The standard InChI is InChI=1S/C7H6F2INO2/c8-7(9)6-5(13)1-3(10)4(2-12)11-6/h1,7,12-13H,2H2. The van der Waals surface area contributed by atoms with Gasteiger partial charge in [0.2, 0.25) is 0 Å². The third kappa shape index (κ3) is 2.25. The van der Waals surface area contributed by atoms with Crippen molar-refractivity contribution < 1.29 is 19.0 Å². The summed E-state index contributed by atoms with van der Waals surface area (Å²) in [6.45, 7) is -0.418. The summed E-state index contributed by atoms with van der Waals surface area (Å²) in [6.07, 6.45) is -2.83. The topological polar surface area (TPSA) is 53.4 Å². The highest BCUT2D eigenvalue weighted by Gasteiger charge is 2.17. The summed E-state index contributed by atoms with van der Waals surface area (Å²) in [5, 5.41) is 17.8. The molecule has 0 aliphatic heterocycles. The number of halogens is 3. The van der Waals surface area contributed by atoms with Crippen LogP contribution in [0, 0.1) is 3.57 Å². The Labute approximate surface area is 86.6 Å². The van der Waals surface area contributed by atoms with Crippen molar-refractivity contribution in [1.29, 1.82) is 0 Å². The van der Waals surface area contributed by atoms with Crippen molar-refractivity contribution >= 4 is 22.6 Å². The number of pyridine rings is 1. The highest BCUT2D eigenvalue weighted by atomic mass is 127. The summed E-state index contributed by atoms with van der Waals surface area (Å²) in [5.74, 6) is -0.545. The summed E-state index contributed by atoms with van der Waals surface area (Å²) in [7, 11) is 0. The Kier molecular flexibility index (Phi) is 3.37. The highest BCUT2D eigenvalue weighted by Crippen LogP contribution is 2.28. The van der Waals surface area contributed by atoms with E-state index in [4.69, 9.17) is 10.2 Å². The van der Waals surface area contributed by atoms with Crippen LogP contribution in [0.15, 0.2) is 6.07 Å². The van der Waals surface area contributed by atoms with Gasteiger partial charge in [0, 0.05) is 3.57 Å². The predicted molar refractivity (Wildman–Crippen MR) is 49.5 cm³/mol. The Bertz CT molecular complexity index is 320. The molecule has 0 amide bonds. The third-order valence-corrected chi connectivity index (χ3v) is 2.35. The summed E-state index contributed by atoms with van der Waals surface area (Å²) in [6, 6.07) is 1.15. The van der Waals surface area contributed by atoms with Gasteiger partial charge in [-0.3, -0.25) is 0 Å². The lowest BCUT2D eigenvalue weighted by atomic mass is 10.3. The number of hydrogen-bond acceptors (Lipinski definition) is 3. The van der Waals surface area contributed by atoms with Gasteiger partial charge in [0.25, 0.3) is 6.43 Å². The summed E-state index contributed by atoms with van der Waals surface area (Å²) >= 11 is 1.80. The van der Waals surface area contributed by atoms with Crippen molar-refractivity contribution in [3.05, 3.63) is 21.0 Å². The molecule has 0 saturated carbocycles. The van der Waals surface area contributed by atoms with Gasteiger partial charge >= 0.3 is 0 Å². The molecule has 0 aliphatic rings. The summed E-state index contributed by atoms with van der Waals surface area (Å²) in [5.41, 5.74) is -0.543. The zero-order valence-corrected chi connectivity index (χ0v) is 8.49. The molecule has 0 unspecified atom stereocenters. The fourth-order valence-electron chi connectivity index (χ4n) is 0.805. The number of alkyl halides is 2. The fraction of sp³-hybridized carbons (Fsp3) is 0.286. The van der Waals surface area contributed by atoms with Crippen molar-refractivity contribution in [2.75, 3.05) is 0 Å². The molecular formula is C7H6F2INO2. The van der Waals surface area contributed by atoms with Crippen LogP contribution in [0.2, 0.25) is 0 Å². The Hall–Kier alpha value is -0.500. The molecule has 1 aromatic heterocycles. The van der Waals surface area contributed by atoms with Crippen LogP contribution in [0.4, 0.5) is 8.78 Å². The first-order valence-corrected chi connectivity index (χ1v) is 4.41. The Morgan fingerprint density at radius 3 is 2.62 bits per heavy atom. The molecular weight excluding hydrogens is 295 g/mol. The highest BCUT2D eigenvalue weighted by molar-refractivity contribution is 14.1. The van der Waals surface area contributed by atoms with Crippen molar-refractivity contribution in [2.24, 2.45) is 0 Å². The first-order valence-electron chi connectivity index (χ1n) is 3.33. The molecule has 72 valence electrons. The molecule has 6 heteroatoms. The van der Waals surface area contributed by atoms with E-state index in [0.29, 0.717) is 3.57 Å². The molecule has 13 heavy (non-hydrogen) atoms. The smallest absolute Gasteiger partial charge is 0.284 e. The lowest BCUT2D eigenvalue weighted by Gasteiger charge is -2.06. The number of rotatable bonds is 2. The first-order chi connectivity index (χ1) is 6.06. The van der Waals surface area contributed by atoms with Crippen LogP contribution in [-0.4, -0.2) is 15.2 Å². The SMILES string of the molecule is OCc1nc(C(F)F)c(O)cc1I. The van der Waals surface area contributed by atoms with Gasteiger partial charge in [0.1, 0.15) is 11.4 Å². The van der Waals surface area contributed by atoms with Crippen molar-refractivity contribution in [3.8, 4) is 5.75 Å². The zero-order chi connectivity index (χ0) is 10.0. The lowest BCUT2D eigenvalue weighted by molar-refractivity contribution is 0.140. The van der Waals surface area contributed by atoms with Crippen LogP contribution in [0.1, 0.15) is 17.8 Å². The minimum atomic E-state index is -2.83. The van der Waals surface area contributed by atoms with E-state index in [1.165, 1.54) is 0 Å². The predicted octanol–water partition coefficient (Wildman–Crippen LogP) is 1.82. The van der Waals surface area contributed by atoms with Crippen molar-refractivity contribution in [1.82, 2.24) is 4.98 Å². The average molecular weight is 301 g/mol. The molecule has 1 rings (SSSR count). The van der Waals surface area contributed by atoms with Crippen LogP contribution in [0.3, 0.4) is 0 Å². The molecule has 1 heterocycles. The van der Waals surface area contributed by atoms with Crippen LogP contribution in [0.5, 0.6) is 5.75 Å². The van der Waals surface area contributed by atoms with E-state index in [-0.39, 0.29) is 5.69 Å². The molecule has 0 bridgehead atoms. The molecule has 1 aromatic rings. The van der Waals surface area contributed by atoms with Gasteiger partial charge in [-0.1, -0.05) is 0 Å². The maximum atomic E-state index is 12.2. The first kappa shape index (κ1) is 10.6. The van der Waals surface area contributed by atoms with Gasteiger partial charge in [-0.25, -0.2) is 13.8 Å². The van der Waals surface area contributed by atoms with E-state index in [1.807, 2.05) is 0 Å². The van der Waals surface area contributed by atoms with Crippen molar-refractivity contribution in [3.63, 3.8) is 0 Å². The van der Waals surface area contributed by atoms with Gasteiger partial charge in [0.15, 0.2) is 0 Å². The van der Waals surface area contributed by atoms with E-state index in [1.54, 1.807) is 22.6 Å². The monoisotopic (exact) mass is 301 g/mol. The number of hydrogen-bond donors (Lipinski definition) is 2. The largest absolute Gasteiger partial charge is 0.506 e. The summed E-state index contributed by atoms with van der Waals surface area (Å²) in [4.78, 5) is 3.43. The van der Waals surface area contributed by atoms with Gasteiger partial charge in [-0.05, 0) is 28.7 Å². The van der Waals surface area contributed by atoms with Crippen LogP contribution in [-0.2, 0) is 6.61 Å².